The summed E-state index contributed by atoms with van der Waals surface area (Å²) in [5.74, 6) is -1.64. The van der Waals surface area contributed by atoms with Gasteiger partial charge in [-0.25, -0.2) is 9.18 Å². The lowest BCUT2D eigenvalue weighted by molar-refractivity contribution is 0.0697. The van der Waals surface area contributed by atoms with Crippen molar-refractivity contribution >= 4 is 11.7 Å². The molecule has 4 nitrogen and oxygen atoms in total. The molecule has 0 saturated heterocycles. The third kappa shape index (κ3) is 5.34. The van der Waals surface area contributed by atoms with Crippen LogP contribution in [0.1, 0.15) is 44.0 Å². The monoisotopic (exact) mass is 296 g/mol. The number of carboxylic acids is 1. The molecule has 1 unspecified atom stereocenters. The number of carbonyl (C=O) groups is 1. The number of para-hydroxylation sites is 1. The van der Waals surface area contributed by atoms with Crippen molar-refractivity contribution in [3.8, 4) is 0 Å². The van der Waals surface area contributed by atoms with Crippen LogP contribution in [0.25, 0.3) is 0 Å². The van der Waals surface area contributed by atoms with Crippen molar-refractivity contribution in [2.75, 3.05) is 25.0 Å². The molecule has 1 rings (SSSR count). The second-order valence-electron chi connectivity index (χ2n) is 5.18. The zero-order chi connectivity index (χ0) is 15.8. The van der Waals surface area contributed by atoms with Gasteiger partial charge in [-0.15, -0.1) is 0 Å². The number of rotatable bonds is 9. The molecule has 0 aliphatic carbocycles. The Hall–Kier alpha value is -1.62. The second-order valence-corrected chi connectivity index (χ2v) is 5.18. The van der Waals surface area contributed by atoms with E-state index in [0.29, 0.717) is 0 Å². The van der Waals surface area contributed by atoms with Gasteiger partial charge in [0.05, 0.1) is 11.3 Å². The molecule has 5 heteroatoms. The van der Waals surface area contributed by atoms with Gasteiger partial charge in [0.25, 0.3) is 0 Å². The molecule has 0 radical (unpaired) electrons. The Bertz CT molecular complexity index is 462. The largest absolute Gasteiger partial charge is 0.478 e. The van der Waals surface area contributed by atoms with Crippen LogP contribution in [-0.2, 0) is 0 Å². The normalized spacial score (nSPS) is 12.4. The topological polar surface area (TPSA) is 52.6 Å². The standard InChI is InChI=1S/C16H25FN2O2/c1-4-19(5-2)11-7-8-12(3)18-15-13(16(20)21)9-6-10-14(15)17/h6,9-10,12,18H,4-5,7-8,11H2,1-3H3,(H,20,21). The van der Waals surface area contributed by atoms with Crippen LogP contribution in [0, 0.1) is 5.82 Å². The molecule has 0 aliphatic heterocycles. The van der Waals surface area contributed by atoms with Crippen molar-refractivity contribution in [1.29, 1.82) is 0 Å². The fourth-order valence-electron chi connectivity index (χ4n) is 2.33. The molecule has 0 aliphatic rings. The second kappa shape index (κ2) is 8.62. The molecule has 118 valence electrons. The minimum Gasteiger partial charge on any atom is -0.478 e. The summed E-state index contributed by atoms with van der Waals surface area (Å²) in [4.78, 5) is 13.5. The summed E-state index contributed by atoms with van der Waals surface area (Å²) in [6.45, 7) is 9.25. The van der Waals surface area contributed by atoms with Crippen molar-refractivity contribution in [2.24, 2.45) is 0 Å². The number of anilines is 1. The number of aromatic carboxylic acids is 1. The lowest BCUT2D eigenvalue weighted by atomic mass is 10.1. The highest BCUT2D eigenvalue weighted by Gasteiger charge is 2.15. The summed E-state index contributed by atoms with van der Waals surface area (Å²) in [5, 5.41) is 12.1. The van der Waals surface area contributed by atoms with Gasteiger partial charge >= 0.3 is 5.97 Å². The number of hydrogen-bond acceptors (Lipinski definition) is 3. The molecule has 0 fully saturated rings. The first kappa shape index (κ1) is 17.4. The van der Waals surface area contributed by atoms with Crippen LogP contribution in [0.3, 0.4) is 0 Å². The first-order valence-corrected chi connectivity index (χ1v) is 7.50. The molecule has 0 aromatic heterocycles. The van der Waals surface area contributed by atoms with Crippen LogP contribution >= 0.6 is 0 Å². The Labute approximate surface area is 126 Å². The van der Waals surface area contributed by atoms with Crippen molar-refractivity contribution in [3.63, 3.8) is 0 Å². The maximum Gasteiger partial charge on any atom is 0.337 e. The molecular formula is C16H25FN2O2. The van der Waals surface area contributed by atoms with Crippen LogP contribution in [0.4, 0.5) is 10.1 Å². The predicted molar refractivity (Wildman–Crippen MR) is 83.5 cm³/mol. The molecule has 0 bridgehead atoms. The number of nitrogens with one attached hydrogen (secondary N) is 1. The molecule has 1 aromatic carbocycles. The number of nitrogens with zero attached hydrogens (tertiary/aromatic N) is 1. The van der Waals surface area contributed by atoms with E-state index in [0.717, 1.165) is 32.5 Å². The fraction of sp³-hybridized carbons (Fsp3) is 0.562. The van der Waals surface area contributed by atoms with E-state index in [2.05, 4.69) is 24.1 Å². The third-order valence-corrected chi connectivity index (χ3v) is 3.64. The Morgan fingerprint density at radius 3 is 2.62 bits per heavy atom. The first-order valence-electron chi connectivity index (χ1n) is 7.50. The van der Waals surface area contributed by atoms with Crippen LogP contribution < -0.4 is 5.32 Å². The summed E-state index contributed by atoms with van der Waals surface area (Å²) in [5.41, 5.74) is 0.0610. The van der Waals surface area contributed by atoms with Gasteiger partial charge < -0.3 is 15.3 Å². The Kier molecular flexibility index (Phi) is 7.15. The predicted octanol–water partition coefficient (Wildman–Crippen LogP) is 3.45. The van der Waals surface area contributed by atoms with E-state index in [1.165, 1.54) is 18.2 Å². The Morgan fingerprint density at radius 2 is 2.05 bits per heavy atom. The summed E-state index contributed by atoms with van der Waals surface area (Å²) >= 11 is 0. The van der Waals surface area contributed by atoms with Gasteiger partial charge in [-0.05, 0) is 51.5 Å². The van der Waals surface area contributed by atoms with E-state index < -0.39 is 11.8 Å². The lowest BCUT2D eigenvalue weighted by Gasteiger charge is -2.21. The molecule has 21 heavy (non-hydrogen) atoms. The number of carboxylic acid groups (broad SMARTS) is 1. The van der Waals surface area contributed by atoms with Gasteiger partial charge in [-0.1, -0.05) is 19.9 Å². The number of halogens is 1. The maximum atomic E-state index is 13.8. The zero-order valence-corrected chi connectivity index (χ0v) is 13.0. The molecule has 0 saturated carbocycles. The Morgan fingerprint density at radius 1 is 1.38 bits per heavy atom. The lowest BCUT2D eigenvalue weighted by Crippen LogP contribution is -2.26. The van der Waals surface area contributed by atoms with Crippen molar-refractivity contribution < 1.29 is 14.3 Å². The molecule has 0 amide bonds. The molecular weight excluding hydrogens is 271 g/mol. The van der Waals surface area contributed by atoms with E-state index in [1.807, 2.05) is 6.92 Å². The minimum atomic E-state index is -1.12. The highest BCUT2D eigenvalue weighted by molar-refractivity contribution is 5.94. The van der Waals surface area contributed by atoms with Crippen molar-refractivity contribution in [3.05, 3.63) is 29.6 Å². The highest BCUT2D eigenvalue weighted by Crippen LogP contribution is 2.21. The molecule has 0 spiro atoms. The molecule has 1 aromatic rings. The highest BCUT2D eigenvalue weighted by atomic mass is 19.1. The van der Waals surface area contributed by atoms with Crippen molar-refractivity contribution in [1.82, 2.24) is 4.90 Å². The first-order chi connectivity index (χ1) is 9.99. The third-order valence-electron chi connectivity index (χ3n) is 3.64. The van der Waals surface area contributed by atoms with Gasteiger partial charge in [0.1, 0.15) is 5.82 Å². The van der Waals surface area contributed by atoms with Crippen LogP contribution in [-0.4, -0.2) is 41.7 Å². The fourth-order valence-corrected chi connectivity index (χ4v) is 2.33. The smallest absolute Gasteiger partial charge is 0.337 e. The van der Waals surface area contributed by atoms with Gasteiger partial charge in [0.15, 0.2) is 0 Å². The van der Waals surface area contributed by atoms with Crippen LogP contribution in [0.15, 0.2) is 18.2 Å². The summed E-state index contributed by atoms with van der Waals surface area (Å²) in [6.07, 6.45) is 1.86. The van der Waals surface area contributed by atoms with Crippen molar-refractivity contribution in [2.45, 2.75) is 39.7 Å². The SMILES string of the molecule is CCN(CC)CCCC(C)Nc1c(F)cccc1C(=O)O. The number of benzene rings is 1. The average Bonchev–Trinajstić information content (AvgIpc) is 2.45. The van der Waals surface area contributed by atoms with Crippen LogP contribution in [0.2, 0.25) is 0 Å². The van der Waals surface area contributed by atoms with E-state index in [4.69, 9.17) is 5.11 Å². The number of hydrogen-bond donors (Lipinski definition) is 2. The van der Waals surface area contributed by atoms with E-state index in [-0.39, 0.29) is 17.3 Å². The molecule has 1 atom stereocenters. The maximum absolute atomic E-state index is 13.8. The summed E-state index contributed by atoms with van der Waals surface area (Å²) < 4.78 is 13.8. The Balaban J connectivity index is 2.59. The summed E-state index contributed by atoms with van der Waals surface area (Å²) in [6, 6.07) is 4.12. The quantitative estimate of drug-likeness (QED) is 0.733. The van der Waals surface area contributed by atoms with E-state index >= 15 is 0 Å². The van der Waals surface area contributed by atoms with E-state index in [1.54, 1.807) is 0 Å². The summed E-state index contributed by atoms with van der Waals surface area (Å²) in [7, 11) is 0. The minimum absolute atomic E-state index is 0.0226. The molecule has 2 N–H and O–H groups in total. The van der Waals surface area contributed by atoms with Crippen LogP contribution in [0.5, 0.6) is 0 Å². The van der Waals surface area contributed by atoms with Gasteiger partial charge in [0.2, 0.25) is 0 Å². The van der Waals surface area contributed by atoms with E-state index in [9.17, 15) is 9.18 Å². The zero-order valence-electron chi connectivity index (χ0n) is 13.0. The van der Waals surface area contributed by atoms with Gasteiger partial charge in [0, 0.05) is 6.04 Å². The molecule has 0 heterocycles. The van der Waals surface area contributed by atoms with Gasteiger partial charge in [-0.3, -0.25) is 0 Å². The van der Waals surface area contributed by atoms with Gasteiger partial charge in [-0.2, -0.15) is 0 Å². The average molecular weight is 296 g/mol.